The van der Waals surface area contributed by atoms with E-state index in [4.69, 9.17) is 4.74 Å². The largest absolute Gasteiger partial charge is 0.383 e. The van der Waals surface area contributed by atoms with E-state index in [0.29, 0.717) is 36.8 Å². The Morgan fingerprint density at radius 3 is 2.54 bits per heavy atom. The molecule has 0 unspecified atom stereocenters. The maximum atomic E-state index is 13.6. The first-order valence-corrected chi connectivity index (χ1v) is 8.87. The van der Waals surface area contributed by atoms with E-state index >= 15 is 0 Å². The van der Waals surface area contributed by atoms with Crippen LogP contribution in [-0.2, 0) is 16.1 Å². The molecule has 0 fully saturated rings. The van der Waals surface area contributed by atoms with E-state index in [1.165, 1.54) is 17.8 Å². The monoisotopic (exact) mass is 347 g/mol. The number of carbonyl (C=O) groups excluding carboxylic acids is 1. The minimum Gasteiger partial charge on any atom is -0.383 e. The summed E-state index contributed by atoms with van der Waals surface area (Å²) in [7, 11) is 1.62. The van der Waals surface area contributed by atoms with Gasteiger partial charge in [0.1, 0.15) is 5.82 Å². The van der Waals surface area contributed by atoms with Gasteiger partial charge in [0.25, 0.3) is 0 Å². The summed E-state index contributed by atoms with van der Waals surface area (Å²) in [5.74, 6) is 0.369. The molecule has 0 radical (unpaired) electrons. The van der Waals surface area contributed by atoms with Crippen LogP contribution in [0.15, 0.2) is 59.5 Å². The van der Waals surface area contributed by atoms with Crippen molar-refractivity contribution >= 4 is 17.7 Å². The van der Waals surface area contributed by atoms with Crippen LogP contribution in [0.1, 0.15) is 12.0 Å². The van der Waals surface area contributed by atoms with Gasteiger partial charge < -0.3 is 9.64 Å². The second-order valence-corrected chi connectivity index (χ2v) is 6.46. The minimum absolute atomic E-state index is 0.0553. The molecule has 128 valence electrons. The Hall–Kier alpha value is -1.85. The number of thioether (sulfide) groups is 1. The first-order valence-electron chi connectivity index (χ1n) is 7.88. The summed E-state index contributed by atoms with van der Waals surface area (Å²) in [6.07, 6.45) is 0.371. The number of rotatable bonds is 9. The van der Waals surface area contributed by atoms with Crippen LogP contribution in [0.3, 0.4) is 0 Å². The molecule has 0 aliphatic carbocycles. The van der Waals surface area contributed by atoms with E-state index in [2.05, 4.69) is 0 Å². The van der Waals surface area contributed by atoms with Crippen LogP contribution in [0.4, 0.5) is 4.39 Å². The minimum atomic E-state index is -0.240. The summed E-state index contributed by atoms with van der Waals surface area (Å²) in [5, 5.41) is 0. The summed E-state index contributed by atoms with van der Waals surface area (Å²) >= 11 is 1.37. The summed E-state index contributed by atoms with van der Waals surface area (Å²) in [4.78, 5) is 14.9. The second kappa shape index (κ2) is 10.1. The number of amides is 1. The highest BCUT2D eigenvalue weighted by molar-refractivity contribution is 7.99. The average Bonchev–Trinajstić information content (AvgIpc) is 2.61. The number of ether oxygens (including phenoxy) is 1. The third-order valence-corrected chi connectivity index (χ3v) is 4.59. The number of halogens is 1. The van der Waals surface area contributed by atoms with Gasteiger partial charge in [-0.1, -0.05) is 42.5 Å². The molecule has 2 rings (SSSR count). The fourth-order valence-corrected chi connectivity index (χ4v) is 3.14. The molecule has 0 bridgehead atoms. The predicted molar refractivity (Wildman–Crippen MR) is 95.5 cm³/mol. The highest BCUT2D eigenvalue weighted by atomic mass is 32.2. The normalized spacial score (nSPS) is 10.6. The first kappa shape index (κ1) is 18.5. The Balaban J connectivity index is 1.88. The van der Waals surface area contributed by atoms with E-state index in [-0.39, 0.29) is 11.7 Å². The van der Waals surface area contributed by atoms with Crippen molar-refractivity contribution < 1.29 is 13.9 Å². The van der Waals surface area contributed by atoms with Gasteiger partial charge >= 0.3 is 0 Å². The summed E-state index contributed by atoms with van der Waals surface area (Å²) < 4.78 is 18.7. The third kappa shape index (κ3) is 5.98. The molecular weight excluding hydrogens is 325 g/mol. The van der Waals surface area contributed by atoms with Crippen LogP contribution in [-0.4, -0.2) is 36.8 Å². The van der Waals surface area contributed by atoms with Gasteiger partial charge in [-0.3, -0.25) is 4.79 Å². The average molecular weight is 347 g/mol. The van der Waals surface area contributed by atoms with Crippen molar-refractivity contribution in [3.63, 3.8) is 0 Å². The molecule has 2 aromatic carbocycles. The lowest BCUT2D eigenvalue weighted by Gasteiger charge is -2.22. The van der Waals surface area contributed by atoms with Crippen molar-refractivity contribution in [1.82, 2.24) is 4.90 Å². The van der Waals surface area contributed by atoms with Crippen molar-refractivity contribution in [2.75, 3.05) is 26.0 Å². The zero-order valence-electron chi connectivity index (χ0n) is 13.8. The fourth-order valence-electron chi connectivity index (χ4n) is 2.27. The molecule has 0 heterocycles. The van der Waals surface area contributed by atoms with Crippen LogP contribution < -0.4 is 0 Å². The van der Waals surface area contributed by atoms with Crippen molar-refractivity contribution in [3.8, 4) is 0 Å². The standard InChI is InChI=1S/C19H22FNO2S/c1-23-13-12-21(15-16-7-3-2-4-8-16)19(22)11-14-24-18-10-6-5-9-17(18)20/h2-10H,11-15H2,1H3. The molecule has 24 heavy (non-hydrogen) atoms. The molecule has 1 amide bonds. The van der Waals surface area contributed by atoms with Gasteiger partial charge in [-0.15, -0.1) is 11.8 Å². The molecule has 0 spiro atoms. The Morgan fingerprint density at radius 2 is 1.83 bits per heavy atom. The number of methoxy groups -OCH3 is 1. The molecule has 0 aromatic heterocycles. The quantitative estimate of drug-likeness (QED) is 0.643. The molecule has 0 saturated heterocycles. The van der Waals surface area contributed by atoms with Gasteiger partial charge in [0.05, 0.1) is 6.61 Å². The molecule has 0 N–H and O–H groups in total. The number of benzene rings is 2. The van der Waals surface area contributed by atoms with E-state index < -0.39 is 0 Å². The summed E-state index contributed by atoms with van der Waals surface area (Å²) in [6.45, 7) is 1.61. The number of carbonyl (C=O) groups is 1. The van der Waals surface area contributed by atoms with E-state index in [1.54, 1.807) is 30.2 Å². The Kier molecular flexibility index (Phi) is 7.79. The van der Waals surface area contributed by atoms with Gasteiger partial charge in [0, 0.05) is 37.3 Å². The van der Waals surface area contributed by atoms with E-state index in [1.807, 2.05) is 30.3 Å². The van der Waals surface area contributed by atoms with Gasteiger partial charge in [-0.25, -0.2) is 4.39 Å². The smallest absolute Gasteiger partial charge is 0.223 e. The summed E-state index contributed by atoms with van der Waals surface area (Å²) in [5.41, 5.74) is 1.09. The van der Waals surface area contributed by atoms with Crippen LogP contribution in [0.5, 0.6) is 0 Å². The number of hydrogen-bond acceptors (Lipinski definition) is 3. The third-order valence-electron chi connectivity index (χ3n) is 3.54. The highest BCUT2D eigenvalue weighted by Crippen LogP contribution is 2.22. The van der Waals surface area contributed by atoms with Crippen molar-refractivity contribution in [3.05, 3.63) is 66.0 Å². The lowest BCUT2D eigenvalue weighted by atomic mass is 10.2. The van der Waals surface area contributed by atoms with Crippen LogP contribution in [0, 0.1) is 5.82 Å². The molecule has 3 nitrogen and oxygen atoms in total. The SMILES string of the molecule is COCCN(Cc1ccccc1)C(=O)CCSc1ccccc1F. The summed E-state index contributed by atoms with van der Waals surface area (Å²) in [6, 6.07) is 16.5. The molecular formula is C19H22FNO2S. The zero-order valence-corrected chi connectivity index (χ0v) is 14.6. The van der Waals surface area contributed by atoms with E-state index in [0.717, 1.165) is 5.56 Å². The number of nitrogens with zero attached hydrogens (tertiary/aromatic N) is 1. The second-order valence-electron chi connectivity index (χ2n) is 5.32. The molecule has 0 aliphatic rings. The lowest BCUT2D eigenvalue weighted by molar-refractivity contribution is -0.132. The molecule has 0 saturated carbocycles. The van der Waals surface area contributed by atoms with E-state index in [9.17, 15) is 9.18 Å². The lowest BCUT2D eigenvalue weighted by Crippen LogP contribution is -2.33. The van der Waals surface area contributed by atoms with Crippen LogP contribution in [0.25, 0.3) is 0 Å². The van der Waals surface area contributed by atoms with Crippen LogP contribution >= 0.6 is 11.8 Å². The van der Waals surface area contributed by atoms with Gasteiger partial charge in [-0.05, 0) is 17.7 Å². The fraction of sp³-hybridized carbons (Fsp3) is 0.316. The zero-order chi connectivity index (χ0) is 17.2. The Morgan fingerprint density at radius 1 is 1.12 bits per heavy atom. The van der Waals surface area contributed by atoms with Crippen molar-refractivity contribution in [1.29, 1.82) is 0 Å². The van der Waals surface area contributed by atoms with Crippen molar-refractivity contribution in [2.24, 2.45) is 0 Å². The maximum absolute atomic E-state index is 13.6. The topological polar surface area (TPSA) is 29.5 Å². The first-order chi connectivity index (χ1) is 11.7. The van der Waals surface area contributed by atoms with Crippen LogP contribution in [0.2, 0.25) is 0 Å². The maximum Gasteiger partial charge on any atom is 0.223 e. The Bertz CT molecular complexity index is 636. The predicted octanol–water partition coefficient (Wildman–Crippen LogP) is 3.98. The Labute approximate surface area is 146 Å². The molecule has 0 aliphatic heterocycles. The highest BCUT2D eigenvalue weighted by Gasteiger charge is 2.14. The van der Waals surface area contributed by atoms with Gasteiger partial charge in [0.15, 0.2) is 0 Å². The number of hydrogen-bond donors (Lipinski definition) is 0. The molecule has 5 heteroatoms. The van der Waals surface area contributed by atoms with Gasteiger partial charge in [-0.2, -0.15) is 0 Å². The van der Waals surface area contributed by atoms with Crippen molar-refractivity contribution in [2.45, 2.75) is 17.9 Å². The molecule has 2 aromatic rings. The molecule has 0 atom stereocenters. The van der Waals surface area contributed by atoms with Gasteiger partial charge in [0.2, 0.25) is 5.91 Å².